The second kappa shape index (κ2) is 10.8. The van der Waals surface area contributed by atoms with Gasteiger partial charge in [0, 0.05) is 16.4 Å². The number of hydrogen-bond donors (Lipinski definition) is 1. The number of halogens is 6. The van der Waals surface area contributed by atoms with Crippen molar-refractivity contribution in [2.45, 2.75) is 42.4 Å². The zero-order chi connectivity index (χ0) is 28.7. The minimum absolute atomic E-state index is 0.207. The number of rotatable bonds is 8. The Morgan fingerprint density at radius 2 is 1.40 bits per heavy atom. The van der Waals surface area contributed by atoms with E-state index in [9.17, 15) is 35.9 Å². The smallest absolute Gasteiger partial charge is 0.416 e. The Morgan fingerprint density at radius 1 is 0.850 bits per heavy atom. The molecule has 2 saturated carbocycles. The van der Waals surface area contributed by atoms with Gasteiger partial charge in [-0.15, -0.1) is 0 Å². The Balaban J connectivity index is 1.28. The molecule has 2 aliphatic rings. The van der Waals surface area contributed by atoms with E-state index in [-0.39, 0.29) is 28.7 Å². The average molecular weight is 586 g/mol. The molecule has 40 heavy (non-hydrogen) atoms. The molecule has 0 spiro atoms. The number of aromatic amines is 1. The molecule has 0 amide bonds. The Morgan fingerprint density at radius 3 is 1.93 bits per heavy atom. The lowest BCUT2D eigenvalue weighted by molar-refractivity contribution is -0.154. The Kier molecular flexibility index (Phi) is 7.55. The lowest BCUT2D eigenvalue weighted by Crippen LogP contribution is -2.24. The third-order valence-electron chi connectivity index (χ3n) is 7.13. The van der Waals surface area contributed by atoms with Crippen LogP contribution in [-0.4, -0.2) is 32.4 Å². The lowest BCUT2D eigenvalue weighted by atomic mass is 10.00. The van der Waals surface area contributed by atoms with Gasteiger partial charge in [0.1, 0.15) is 19.5 Å². The first-order chi connectivity index (χ1) is 18.9. The highest BCUT2D eigenvalue weighted by Crippen LogP contribution is 2.64. The van der Waals surface area contributed by atoms with Gasteiger partial charge in [-0.3, -0.25) is 14.7 Å². The van der Waals surface area contributed by atoms with Crippen molar-refractivity contribution in [1.29, 1.82) is 0 Å². The summed E-state index contributed by atoms with van der Waals surface area (Å²) >= 11 is 1.25. The summed E-state index contributed by atoms with van der Waals surface area (Å²) in [6.45, 7) is -1.21. The molecule has 2 aliphatic carbocycles. The highest BCUT2D eigenvalue weighted by molar-refractivity contribution is 7.99. The van der Waals surface area contributed by atoms with Gasteiger partial charge < -0.3 is 9.47 Å². The van der Waals surface area contributed by atoms with Crippen LogP contribution in [0.1, 0.15) is 28.7 Å². The molecule has 0 radical (unpaired) electrons. The monoisotopic (exact) mass is 585 g/mol. The third kappa shape index (κ3) is 5.81. The molecule has 212 valence electrons. The highest BCUT2D eigenvalue weighted by atomic mass is 32.2. The zero-order valence-corrected chi connectivity index (χ0v) is 21.2. The molecule has 5 atom stereocenters. The summed E-state index contributed by atoms with van der Waals surface area (Å²) in [5, 5.41) is 6.58. The summed E-state index contributed by atoms with van der Waals surface area (Å²) in [5.41, 5.74) is -2.25. The average Bonchev–Trinajstić information content (AvgIpc) is 3.21. The van der Waals surface area contributed by atoms with Crippen molar-refractivity contribution in [1.82, 2.24) is 15.2 Å². The first kappa shape index (κ1) is 28.0. The summed E-state index contributed by atoms with van der Waals surface area (Å²) < 4.78 is 90.5. The Bertz CT molecular complexity index is 1380. The van der Waals surface area contributed by atoms with Gasteiger partial charge >= 0.3 is 24.3 Å². The molecule has 3 aromatic rings. The van der Waals surface area contributed by atoms with Crippen LogP contribution >= 0.6 is 11.8 Å². The molecule has 14 heteroatoms. The van der Waals surface area contributed by atoms with Crippen LogP contribution in [0.3, 0.4) is 0 Å². The van der Waals surface area contributed by atoms with E-state index >= 15 is 0 Å². The van der Waals surface area contributed by atoms with E-state index < -0.39 is 66.4 Å². The van der Waals surface area contributed by atoms with Gasteiger partial charge in [0.2, 0.25) is 0 Å². The number of nitrogens with one attached hydrogen (secondary N) is 1. The number of benzene rings is 2. The number of H-pyrrole nitrogens is 1. The maximum absolute atomic E-state index is 13.3. The molecule has 5 rings (SSSR count). The van der Waals surface area contributed by atoms with E-state index in [4.69, 9.17) is 9.47 Å². The van der Waals surface area contributed by atoms with E-state index in [1.165, 1.54) is 54.5 Å². The topological polar surface area (TPSA) is 94.2 Å². The molecular weight excluding hydrogens is 564 g/mol. The van der Waals surface area contributed by atoms with Gasteiger partial charge in [0.15, 0.2) is 5.16 Å². The minimum Gasteiger partial charge on any atom is -0.461 e. The molecule has 1 heterocycles. The molecule has 7 nitrogen and oxygen atoms in total. The van der Waals surface area contributed by atoms with E-state index in [0.717, 1.165) is 12.1 Å². The summed E-state index contributed by atoms with van der Waals surface area (Å²) in [6, 6.07) is 9.47. The normalized spacial score (nSPS) is 23.9. The van der Waals surface area contributed by atoms with E-state index in [1.54, 1.807) is 0 Å². The maximum atomic E-state index is 13.3. The van der Waals surface area contributed by atoms with Crippen LogP contribution in [0.15, 0.2) is 60.0 Å². The van der Waals surface area contributed by atoms with Crippen LogP contribution in [0.2, 0.25) is 0 Å². The Labute approximate surface area is 227 Å². The van der Waals surface area contributed by atoms with Crippen LogP contribution < -0.4 is 0 Å². The van der Waals surface area contributed by atoms with Crippen LogP contribution in [-0.2, 0) is 44.6 Å². The van der Waals surface area contributed by atoms with Crippen LogP contribution in [0.5, 0.6) is 0 Å². The number of thioether (sulfide) groups is 1. The van der Waals surface area contributed by atoms with Gasteiger partial charge in [-0.1, -0.05) is 48.2 Å². The third-order valence-corrected chi connectivity index (χ3v) is 8.36. The standard InChI is InChI=1S/C26H21F6N3O4S/c27-25(28,29)16-7-3-1-5-13(16)10-38-22(36)15-9-18(40-24-33-12-34-35-24)20-19(15)21(20)23(37)39-11-14-6-2-4-8-17(14)26(30,31)32/h1-8,12,15,18-21H,9-11H2,(H,33,34,35). The lowest BCUT2D eigenvalue weighted by Gasteiger charge is -2.19. The predicted octanol–water partition coefficient (Wildman–Crippen LogP) is 5.67. The fourth-order valence-electron chi connectivity index (χ4n) is 5.36. The van der Waals surface area contributed by atoms with Gasteiger partial charge in [-0.05, 0) is 30.4 Å². The van der Waals surface area contributed by atoms with Crippen molar-refractivity contribution in [2.75, 3.05) is 0 Å². The number of fused-ring (bicyclic) bond motifs is 1. The summed E-state index contributed by atoms with van der Waals surface area (Å²) in [4.78, 5) is 30.1. The van der Waals surface area contributed by atoms with Crippen molar-refractivity contribution in [3.63, 3.8) is 0 Å². The van der Waals surface area contributed by atoms with Gasteiger partial charge in [0.05, 0.1) is 23.0 Å². The number of hydrogen-bond acceptors (Lipinski definition) is 7. The van der Waals surface area contributed by atoms with Gasteiger partial charge in [-0.25, -0.2) is 4.98 Å². The number of nitrogens with zero attached hydrogens (tertiary/aromatic N) is 2. The second-order valence-electron chi connectivity index (χ2n) is 9.49. The largest absolute Gasteiger partial charge is 0.461 e. The van der Waals surface area contributed by atoms with E-state index in [2.05, 4.69) is 15.2 Å². The molecule has 0 aliphatic heterocycles. The fraction of sp³-hybridized carbons (Fsp3) is 0.385. The summed E-state index contributed by atoms with van der Waals surface area (Å²) in [6.07, 6.45) is -7.70. The van der Waals surface area contributed by atoms with Gasteiger partial charge in [-0.2, -0.15) is 31.4 Å². The summed E-state index contributed by atoms with van der Waals surface area (Å²) in [7, 11) is 0. The number of alkyl halides is 6. The van der Waals surface area contributed by atoms with Crippen molar-refractivity contribution >= 4 is 23.7 Å². The maximum Gasteiger partial charge on any atom is 0.416 e. The predicted molar refractivity (Wildman–Crippen MR) is 127 cm³/mol. The number of carbonyl (C=O) groups excluding carboxylic acids is 2. The van der Waals surface area contributed by atoms with E-state index in [1.807, 2.05) is 0 Å². The molecule has 5 unspecified atom stereocenters. The molecule has 1 N–H and O–H groups in total. The molecule has 2 fully saturated rings. The molecule has 2 aromatic carbocycles. The van der Waals surface area contributed by atoms with Crippen molar-refractivity contribution in [3.8, 4) is 0 Å². The SMILES string of the molecule is O=C(OCc1ccccc1C(F)(F)F)C1CC(Sc2ncn[nH]2)C2C(C(=O)OCc3ccccc3C(F)(F)F)C12. The van der Waals surface area contributed by atoms with Crippen molar-refractivity contribution in [3.05, 3.63) is 77.1 Å². The van der Waals surface area contributed by atoms with E-state index in [0.29, 0.717) is 5.16 Å². The number of aromatic nitrogens is 3. The second-order valence-corrected chi connectivity index (χ2v) is 10.7. The Hall–Kier alpha value is -3.55. The van der Waals surface area contributed by atoms with Crippen molar-refractivity contribution in [2.24, 2.45) is 23.7 Å². The van der Waals surface area contributed by atoms with Crippen LogP contribution in [0, 0.1) is 23.7 Å². The number of esters is 2. The summed E-state index contributed by atoms with van der Waals surface area (Å²) in [5.74, 6) is -4.01. The minimum atomic E-state index is -4.63. The first-order valence-electron chi connectivity index (χ1n) is 12.1. The van der Waals surface area contributed by atoms with Crippen LogP contribution in [0.4, 0.5) is 26.3 Å². The highest BCUT2D eigenvalue weighted by Gasteiger charge is 2.68. The zero-order valence-electron chi connectivity index (χ0n) is 20.4. The quantitative estimate of drug-likeness (QED) is 0.269. The molecule has 1 aromatic heterocycles. The number of carbonyl (C=O) groups is 2. The molecule has 0 saturated heterocycles. The van der Waals surface area contributed by atoms with Gasteiger partial charge in [0.25, 0.3) is 0 Å². The molecular formula is C26H21F6N3O4S. The molecule has 0 bridgehead atoms. The number of ether oxygens (including phenoxy) is 2. The first-order valence-corrected chi connectivity index (χ1v) is 13.0. The van der Waals surface area contributed by atoms with Crippen LogP contribution in [0.25, 0.3) is 0 Å². The van der Waals surface area contributed by atoms with Crippen molar-refractivity contribution < 1.29 is 45.4 Å². The fourth-order valence-corrected chi connectivity index (χ4v) is 6.67.